The lowest BCUT2D eigenvalue weighted by Crippen LogP contribution is -3.16. The van der Waals surface area contributed by atoms with Crippen LogP contribution in [-0.2, 0) is 9.84 Å². The molecule has 0 aliphatic carbocycles. The van der Waals surface area contributed by atoms with Crippen LogP contribution in [0.5, 0.6) is 0 Å². The molecule has 0 unspecified atom stereocenters. The number of piperidine rings is 1. The van der Waals surface area contributed by atoms with E-state index >= 15 is 0 Å². The quantitative estimate of drug-likeness (QED) is 0.937. The van der Waals surface area contributed by atoms with E-state index in [0.29, 0.717) is 4.90 Å². The number of sulfone groups is 1. The van der Waals surface area contributed by atoms with Crippen LogP contribution >= 0.6 is 0 Å². The van der Waals surface area contributed by atoms with Gasteiger partial charge < -0.3 is 4.90 Å². The molecule has 1 heterocycles. The summed E-state index contributed by atoms with van der Waals surface area (Å²) < 4.78 is 25.4. The second-order valence-electron chi connectivity index (χ2n) is 6.41. The zero-order valence-electron chi connectivity index (χ0n) is 13.1. The fraction of sp³-hybridized carbons (Fsp3) is 0.444. The SMILES string of the molecule is C[C@@H](CS(=O)(=O)c1ccc2ccccc2c1)[NH+]1CCCCC1. The number of nitrogens with one attached hydrogen (secondary N) is 1. The van der Waals surface area contributed by atoms with Gasteiger partial charge in [0.1, 0.15) is 5.75 Å². The van der Waals surface area contributed by atoms with Gasteiger partial charge in [0.2, 0.25) is 0 Å². The molecule has 3 rings (SSSR count). The zero-order valence-corrected chi connectivity index (χ0v) is 13.9. The Labute approximate surface area is 132 Å². The second kappa shape index (κ2) is 6.39. The lowest BCUT2D eigenvalue weighted by atomic mass is 10.1. The number of hydrogen-bond donors (Lipinski definition) is 1. The number of rotatable bonds is 4. The summed E-state index contributed by atoms with van der Waals surface area (Å²) in [6.45, 7) is 4.28. The molecular weight excluding hydrogens is 294 g/mol. The first kappa shape index (κ1) is 15.5. The Morgan fingerprint density at radius 1 is 1.00 bits per heavy atom. The average molecular weight is 318 g/mol. The van der Waals surface area contributed by atoms with Gasteiger partial charge in [-0.15, -0.1) is 0 Å². The Balaban J connectivity index is 1.81. The molecule has 1 fully saturated rings. The van der Waals surface area contributed by atoms with E-state index in [4.69, 9.17) is 0 Å². The molecule has 0 spiro atoms. The molecule has 1 atom stereocenters. The Kier molecular flexibility index (Phi) is 4.50. The maximum atomic E-state index is 12.7. The first-order valence-electron chi connectivity index (χ1n) is 8.12. The van der Waals surface area contributed by atoms with E-state index in [9.17, 15) is 8.42 Å². The van der Waals surface area contributed by atoms with Crippen LogP contribution in [0.3, 0.4) is 0 Å². The number of quaternary nitrogens is 1. The van der Waals surface area contributed by atoms with E-state index < -0.39 is 9.84 Å². The van der Waals surface area contributed by atoms with Gasteiger partial charge in [-0.3, -0.25) is 0 Å². The van der Waals surface area contributed by atoms with Gasteiger partial charge in [0.05, 0.1) is 24.0 Å². The largest absolute Gasteiger partial charge is 0.332 e. The molecular formula is C18H24NO2S+. The predicted octanol–water partition coefficient (Wildman–Crippen LogP) is 2.07. The lowest BCUT2D eigenvalue weighted by molar-refractivity contribution is -0.925. The number of hydrogen-bond acceptors (Lipinski definition) is 2. The molecule has 2 aromatic rings. The van der Waals surface area contributed by atoms with Crippen LogP contribution in [0.2, 0.25) is 0 Å². The summed E-state index contributed by atoms with van der Waals surface area (Å²) in [5.41, 5.74) is 0. The highest BCUT2D eigenvalue weighted by molar-refractivity contribution is 7.91. The van der Waals surface area contributed by atoms with E-state index in [-0.39, 0.29) is 11.8 Å². The van der Waals surface area contributed by atoms with Crippen molar-refractivity contribution in [2.45, 2.75) is 37.1 Å². The van der Waals surface area contributed by atoms with Gasteiger partial charge in [-0.2, -0.15) is 0 Å². The number of fused-ring (bicyclic) bond motifs is 1. The van der Waals surface area contributed by atoms with E-state index in [2.05, 4.69) is 6.92 Å². The normalized spacial score (nSPS) is 18.4. The van der Waals surface area contributed by atoms with Gasteiger partial charge in [-0.05, 0) is 49.1 Å². The molecule has 22 heavy (non-hydrogen) atoms. The Hall–Kier alpha value is -1.39. The molecule has 1 saturated heterocycles. The minimum absolute atomic E-state index is 0.164. The fourth-order valence-electron chi connectivity index (χ4n) is 3.40. The summed E-state index contributed by atoms with van der Waals surface area (Å²) in [4.78, 5) is 1.89. The molecule has 0 bridgehead atoms. The fourth-order valence-corrected chi connectivity index (χ4v) is 5.07. The molecule has 3 nitrogen and oxygen atoms in total. The molecule has 118 valence electrons. The monoisotopic (exact) mass is 318 g/mol. The van der Waals surface area contributed by atoms with Crippen molar-refractivity contribution < 1.29 is 13.3 Å². The molecule has 1 N–H and O–H groups in total. The van der Waals surface area contributed by atoms with Crippen LogP contribution in [0.15, 0.2) is 47.4 Å². The first-order valence-corrected chi connectivity index (χ1v) is 9.78. The van der Waals surface area contributed by atoms with Crippen LogP contribution in [-0.4, -0.2) is 33.3 Å². The zero-order chi connectivity index (χ0) is 15.6. The molecule has 1 aliphatic rings. The third-order valence-corrected chi connectivity index (χ3v) is 6.65. The third-order valence-electron chi connectivity index (χ3n) is 4.74. The van der Waals surface area contributed by atoms with Gasteiger partial charge in [-0.1, -0.05) is 30.3 Å². The van der Waals surface area contributed by atoms with E-state index in [1.807, 2.05) is 36.4 Å². The highest BCUT2D eigenvalue weighted by atomic mass is 32.2. The third kappa shape index (κ3) is 3.33. The molecule has 2 aromatic carbocycles. The van der Waals surface area contributed by atoms with E-state index in [1.165, 1.54) is 24.2 Å². The van der Waals surface area contributed by atoms with Crippen LogP contribution < -0.4 is 4.90 Å². The molecule has 0 radical (unpaired) electrons. The van der Waals surface area contributed by atoms with Crippen molar-refractivity contribution in [3.8, 4) is 0 Å². The van der Waals surface area contributed by atoms with Crippen molar-refractivity contribution in [2.75, 3.05) is 18.8 Å². The van der Waals surface area contributed by atoms with Crippen molar-refractivity contribution >= 4 is 20.6 Å². The summed E-state index contributed by atoms with van der Waals surface area (Å²) in [7, 11) is -3.22. The van der Waals surface area contributed by atoms with Crippen LogP contribution in [0, 0.1) is 0 Å². The van der Waals surface area contributed by atoms with Gasteiger partial charge in [-0.25, -0.2) is 8.42 Å². The molecule has 1 aliphatic heterocycles. The first-order chi connectivity index (χ1) is 10.6. The molecule has 0 amide bonds. The molecule has 4 heteroatoms. The van der Waals surface area contributed by atoms with E-state index in [0.717, 1.165) is 23.9 Å². The van der Waals surface area contributed by atoms with Crippen LogP contribution in [0.25, 0.3) is 10.8 Å². The Morgan fingerprint density at radius 3 is 2.41 bits per heavy atom. The topological polar surface area (TPSA) is 38.6 Å². The van der Waals surface area contributed by atoms with Gasteiger partial charge in [0.15, 0.2) is 9.84 Å². The van der Waals surface area contributed by atoms with Crippen molar-refractivity contribution in [2.24, 2.45) is 0 Å². The molecule has 0 aromatic heterocycles. The predicted molar refractivity (Wildman–Crippen MR) is 90.0 cm³/mol. The highest BCUT2D eigenvalue weighted by Crippen LogP contribution is 2.20. The molecule has 0 saturated carbocycles. The highest BCUT2D eigenvalue weighted by Gasteiger charge is 2.27. The Bertz CT molecular complexity index is 749. The maximum Gasteiger partial charge on any atom is 0.184 e. The van der Waals surface area contributed by atoms with E-state index in [1.54, 1.807) is 6.07 Å². The van der Waals surface area contributed by atoms with Gasteiger partial charge >= 0.3 is 0 Å². The number of likely N-dealkylation sites (tertiary alicyclic amines) is 1. The summed E-state index contributed by atoms with van der Waals surface area (Å²) >= 11 is 0. The summed E-state index contributed by atoms with van der Waals surface area (Å²) in [6.07, 6.45) is 3.72. The summed E-state index contributed by atoms with van der Waals surface area (Å²) in [5, 5.41) is 2.07. The van der Waals surface area contributed by atoms with Gasteiger partial charge in [0, 0.05) is 0 Å². The van der Waals surface area contributed by atoms with Crippen molar-refractivity contribution in [3.63, 3.8) is 0 Å². The minimum Gasteiger partial charge on any atom is -0.332 e. The van der Waals surface area contributed by atoms with Gasteiger partial charge in [0.25, 0.3) is 0 Å². The average Bonchev–Trinajstić information content (AvgIpc) is 2.55. The lowest BCUT2D eigenvalue weighted by Gasteiger charge is -2.29. The minimum atomic E-state index is -3.22. The van der Waals surface area contributed by atoms with Crippen molar-refractivity contribution in [1.29, 1.82) is 0 Å². The number of benzene rings is 2. The summed E-state index contributed by atoms with van der Waals surface area (Å²) in [6, 6.07) is 13.5. The van der Waals surface area contributed by atoms with Crippen LogP contribution in [0.1, 0.15) is 26.2 Å². The Morgan fingerprint density at radius 2 is 1.68 bits per heavy atom. The maximum absolute atomic E-state index is 12.7. The van der Waals surface area contributed by atoms with Crippen molar-refractivity contribution in [1.82, 2.24) is 0 Å². The summed E-state index contributed by atoms with van der Waals surface area (Å²) in [5.74, 6) is 0.237. The standard InChI is InChI=1S/C18H23NO2S/c1-15(19-11-5-2-6-12-19)14-22(20,21)18-10-9-16-7-3-4-8-17(16)13-18/h3-4,7-10,13,15H,2,5-6,11-12,14H2,1H3/p+1/t15-/m0/s1. The van der Waals surface area contributed by atoms with Crippen LogP contribution in [0.4, 0.5) is 0 Å². The van der Waals surface area contributed by atoms with Crippen molar-refractivity contribution in [3.05, 3.63) is 42.5 Å². The second-order valence-corrected chi connectivity index (χ2v) is 8.44. The smallest absolute Gasteiger partial charge is 0.184 e.